The van der Waals surface area contributed by atoms with Gasteiger partial charge in [0.1, 0.15) is 5.82 Å². The van der Waals surface area contributed by atoms with Gasteiger partial charge in [0.15, 0.2) is 11.5 Å². The van der Waals surface area contributed by atoms with Gasteiger partial charge in [-0.15, -0.1) is 0 Å². The molecule has 0 N–H and O–H groups in total. The summed E-state index contributed by atoms with van der Waals surface area (Å²) in [5.41, 5.74) is 6.10. The first-order valence-corrected chi connectivity index (χ1v) is 10.8. The second-order valence-electron chi connectivity index (χ2n) is 7.61. The topological polar surface area (TPSA) is 36.3 Å². The van der Waals surface area contributed by atoms with Crippen molar-refractivity contribution in [1.82, 2.24) is 9.55 Å². The molecule has 0 saturated heterocycles. The van der Waals surface area contributed by atoms with Gasteiger partial charge in [-0.2, -0.15) is 0 Å². The summed E-state index contributed by atoms with van der Waals surface area (Å²) >= 11 is 0. The molecule has 0 saturated carbocycles. The van der Waals surface area contributed by atoms with Crippen LogP contribution in [0, 0.1) is 0 Å². The van der Waals surface area contributed by atoms with Gasteiger partial charge in [0, 0.05) is 22.4 Å². The van der Waals surface area contributed by atoms with E-state index < -0.39 is 0 Å². The van der Waals surface area contributed by atoms with Crippen molar-refractivity contribution in [2.24, 2.45) is 0 Å². The minimum Gasteiger partial charge on any atom is -0.493 e. The van der Waals surface area contributed by atoms with Crippen LogP contribution in [-0.4, -0.2) is 23.8 Å². The van der Waals surface area contributed by atoms with E-state index in [1.807, 2.05) is 60.7 Å². The number of nitrogens with zero attached hydrogens (tertiary/aromatic N) is 2. The smallest absolute Gasteiger partial charge is 0.161 e. The van der Waals surface area contributed by atoms with Crippen LogP contribution in [0.2, 0.25) is 0 Å². The molecule has 0 bridgehead atoms. The monoisotopic (exact) mass is 432 g/mol. The third-order valence-electron chi connectivity index (χ3n) is 5.63. The molecule has 0 amide bonds. The van der Waals surface area contributed by atoms with Gasteiger partial charge in [0.2, 0.25) is 0 Å². The van der Waals surface area contributed by atoms with Crippen LogP contribution in [0.4, 0.5) is 0 Å². The van der Waals surface area contributed by atoms with E-state index in [1.165, 1.54) is 0 Å². The first-order valence-electron chi connectivity index (χ1n) is 10.8. The maximum atomic E-state index is 5.59. The fraction of sp³-hybridized carbons (Fsp3) is 0.0690. The Labute approximate surface area is 193 Å². The molecule has 4 heteroatoms. The van der Waals surface area contributed by atoms with Crippen LogP contribution in [-0.2, 0) is 0 Å². The zero-order valence-electron chi connectivity index (χ0n) is 18.6. The normalized spacial score (nSPS) is 10.7. The molecule has 162 valence electrons. The molecule has 0 atom stereocenters. The number of hydrogen-bond donors (Lipinski definition) is 0. The zero-order valence-corrected chi connectivity index (χ0v) is 18.6. The van der Waals surface area contributed by atoms with Crippen molar-refractivity contribution < 1.29 is 9.47 Å². The maximum Gasteiger partial charge on any atom is 0.161 e. The molecule has 4 nitrogen and oxygen atoms in total. The van der Waals surface area contributed by atoms with Crippen LogP contribution < -0.4 is 9.47 Å². The molecular formula is C29H24N2O2. The summed E-state index contributed by atoms with van der Waals surface area (Å²) in [6, 6.07) is 37.0. The van der Waals surface area contributed by atoms with Gasteiger partial charge in [-0.25, -0.2) is 4.98 Å². The lowest BCUT2D eigenvalue weighted by Gasteiger charge is -2.14. The van der Waals surface area contributed by atoms with Crippen molar-refractivity contribution in [2.75, 3.05) is 14.2 Å². The summed E-state index contributed by atoms with van der Waals surface area (Å²) in [4.78, 5) is 5.20. The predicted octanol–water partition coefficient (Wildman–Crippen LogP) is 6.89. The number of benzene rings is 4. The second kappa shape index (κ2) is 9.05. The number of methoxy groups -OCH3 is 2. The summed E-state index contributed by atoms with van der Waals surface area (Å²) in [7, 11) is 3.29. The fourth-order valence-corrected chi connectivity index (χ4v) is 4.08. The van der Waals surface area contributed by atoms with E-state index in [1.54, 1.807) is 14.2 Å². The molecule has 1 heterocycles. The van der Waals surface area contributed by atoms with Crippen LogP contribution >= 0.6 is 0 Å². The Balaban J connectivity index is 1.86. The molecule has 4 aromatic carbocycles. The van der Waals surface area contributed by atoms with Crippen molar-refractivity contribution in [3.05, 3.63) is 109 Å². The van der Waals surface area contributed by atoms with Crippen LogP contribution in [0.15, 0.2) is 109 Å². The lowest BCUT2D eigenvalue weighted by atomic mass is 10.0. The maximum absolute atomic E-state index is 5.59. The largest absolute Gasteiger partial charge is 0.493 e. The van der Waals surface area contributed by atoms with Crippen molar-refractivity contribution in [2.45, 2.75) is 0 Å². The molecule has 0 fully saturated rings. The van der Waals surface area contributed by atoms with Crippen LogP contribution in [0.5, 0.6) is 11.5 Å². The van der Waals surface area contributed by atoms with E-state index in [4.69, 9.17) is 14.5 Å². The number of aromatic nitrogens is 2. The Hall–Kier alpha value is -4.31. The minimum absolute atomic E-state index is 0.667. The van der Waals surface area contributed by atoms with E-state index in [2.05, 4.69) is 53.1 Å². The van der Waals surface area contributed by atoms with Gasteiger partial charge < -0.3 is 9.47 Å². The Morgan fingerprint density at radius 1 is 0.576 bits per heavy atom. The van der Waals surface area contributed by atoms with Crippen molar-refractivity contribution in [3.63, 3.8) is 0 Å². The molecule has 0 aliphatic carbocycles. The molecule has 33 heavy (non-hydrogen) atoms. The SMILES string of the molecule is COc1ccc(-c2nc(-c3ccccc3)c(-c3ccccc3)n2-c2ccccc2)cc1OC. The Bertz CT molecular complexity index is 1360. The highest BCUT2D eigenvalue weighted by Crippen LogP contribution is 2.40. The van der Waals surface area contributed by atoms with Crippen LogP contribution in [0.25, 0.3) is 39.6 Å². The third kappa shape index (κ3) is 3.87. The van der Waals surface area contributed by atoms with E-state index in [0.717, 1.165) is 39.6 Å². The highest BCUT2D eigenvalue weighted by atomic mass is 16.5. The number of para-hydroxylation sites is 1. The molecule has 5 aromatic rings. The molecule has 0 aliphatic rings. The molecule has 0 spiro atoms. The number of imidazole rings is 1. The van der Waals surface area contributed by atoms with Gasteiger partial charge in [-0.1, -0.05) is 78.9 Å². The highest BCUT2D eigenvalue weighted by molar-refractivity contribution is 5.84. The summed E-state index contributed by atoms with van der Waals surface area (Å²) in [6.45, 7) is 0. The van der Waals surface area contributed by atoms with Crippen molar-refractivity contribution >= 4 is 0 Å². The second-order valence-corrected chi connectivity index (χ2v) is 7.61. The predicted molar refractivity (Wildman–Crippen MR) is 133 cm³/mol. The lowest BCUT2D eigenvalue weighted by Crippen LogP contribution is -2.00. The van der Waals surface area contributed by atoms with Crippen LogP contribution in [0.1, 0.15) is 0 Å². The number of hydrogen-bond acceptors (Lipinski definition) is 3. The molecule has 0 aliphatic heterocycles. The third-order valence-corrected chi connectivity index (χ3v) is 5.63. The Kier molecular flexibility index (Phi) is 5.64. The number of ether oxygens (including phenoxy) is 2. The standard InChI is InChI=1S/C29H24N2O2/c1-32-25-19-18-23(20-26(25)33-2)29-30-27(21-12-6-3-7-13-21)28(22-14-8-4-9-15-22)31(29)24-16-10-5-11-17-24/h3-20H,1-2H3. The van der Waals surface area contributed by atoms with Gasteiger partial charge in [0.25, 0.3) is 0 Å². The van der Waals surface area contributed by atoms with E-state index in [0.29, 0.717) is 11.5 Å². The minimum atomic E-state index is 0.667. The zero-order chi connectivity index (χ0) is 22.6. The van der Waals surface area contributed by atoms with Gasteiger partial charge >= 0.3 is 0 Å². The molecule has 5 rings (SSSR count). The molecule has 1 aromatic heterocycles. The summed E-state index contributed by atoms with van der Waals surface area (Å²) in [5, 5.41) is 0. The first kappa shape index (κ1) is 20.6. The summed E-state index contributed by atoms with van der Waals surface area (Å²) in [6.07, 6.45) is 0. The quantitative estimate of drug-likeness (QED) is 0.293. The Morgan fingerprint density at radius 3 is 1.76 bits per heavy atom. The molecule has 0 unspecified atom stereocenters. The summed E-state index contributed by atoms with van der Waals surface area (Å²) in [5.74, 6) is 2.19. The fourth-order valence-electron chi connectivity index (χ4n) is 4.08. The van der Waals surface area contributed by atoms with Gasteiger partial charge in [-0.05, 0) is 30.3 Å². The molecule has 0 radical (unpaired) electrons. The lowest BCUT2D eigenvalue weighted by molar-refractivity contribution is 0.355. The summed E-state index contributed by atoms with van der Waals surface area (Å²) < 4.78 is 13.3. The average molecular weight is 433 g/mol. The highest BCUT2D eigenvalue weighted by Gasteiger charge is 2.23. The first-order chi connectivity index (χ1) is 16.3. The van der Waals surface area contributed by atoms with E-state index >= 15 is 0 Å². The van der Waals surface area contributed by atoms with Gasteiger partial charge in [0.05, 0.1) is 25.6 Å². The van der Waals surface area contributed by atoms with Gasteiger partial charge in [-0.3, -0.25) is 4.57 Å². The van der Waals surface area contributed by atoms with Crippen LogP contribution in [0.3, 0.4) is 0 Å². The van der Waals surface area contributed by atoms with Crippen molar-refractivity contribution in [1.29, 1.82) is 0 Å². The number of rotatable bonds is 6. The van der Waals surface area contributed by atoms with E-state index in [9.17, 15) is 0 Å². The average Bonchev–Trinajstić information content (AvgIpc) is 3.30. The Morgan fingerprint density at radius 2 is 1.15 bits per heavy atom. The van der Waals surface area contributed by atoms with Crippen molar-refractivity contribution in [3.8, 4) is 51.1 Å². The van der Waals surface area contributed by atoms with E-state index in [-0.39, 0.29) is 0 Å². The molecular weight excluding hydrogens is 408 g/mol.